The molecule has 0 spiro atoms. The van der Waals surface area contributed by atoms with Gasteiger partial charge in [0.2, 0.25) is 0 Å². The molecule has 0 aliphatic carbocycles. The van der Waals surface area contributed by atoms with Crippen LogP contribution < -0.4 is 5.73 Å². The molecule has 2 N–H and O–H groups in total. The second-order valence-corrected chi connectivity index (χ2v) is 3.16. The van der Waals surface area contributed by atoms with Crippen molar-refractivity contribution in [3.63, 3.8) is 0 Å². The summed E-state index contributed by atoms with van der Waals surface area (Å²) < 4.78 is 1.63. The molecule has 14 heavy (non-hydrogen) atoms. The molecule has 0 fully saturated rings. The van der Waals surface area contributed by atoms with E-state index < -0.39 is 0 Å². The maximum Gasteiger partial charge on any atom is 0.152 e. The van der Waals surface area contributed by atoms with Gasteiger partial charge in [0, 0.05) is 18.8 Å². The number of nitrogens with two attached hydrogens (primary N) is 1. The van der Waals surface area contributed by atoms with Gasteiger partial charge in [-0.05, 0) is 6.07 Å². The predicted octanol–water partition coefficient (Wildman–Crippen LogP) is 1.11. The lowest BCUT2D eigenvalue weighted by Crippen LogP contribution is -1.98. The molecule has 0 aliphatic rings. The fourth-order valence-corrected chi connectivity index (χ4v) is 1.36. The number of aromatic nitrogens is 4. The van der Waals surface area contributed by atoms with Crippen LogP contribution in [-0.4, -0.2) is 20.0 Å². The van der Waals surface area contributed by atoms with Gasteiger partial charge in [0.15, 0.2) is 5.15 Å². The SMILES string of the molecule is Cn1nncc1-c1ccnc(Cl)c1N. The van der Waals surface area contributed by atoms with Crippen LogP contribution >= 0.6 is 11.6 Å². The van der Waals surface area contributed by atoms with Crippen LogP contribution in [0.25, 0.3) is 11.3 Å². The third-order valence-electron chi connectivity index (χ3n) is 1.93. The summed E-state index contributed by atoms with van der Waals surface area (Å²) in [5, 5.41) is 7.87. The van der Waals surface area contributed by atoms with E-state index in [1.807, 2.05) is 0 Å². The number of halogens is 1. The van der Waals surface area contributed by atoms with E-state index in [1.54, 1.807) is 30.2 Å². The summed E-state index contributed by atoms with van der Waals surface area (Å²) in [5.74, 6) is 0. The van der Waals surface area contributed by atoms with E-state index in [0.717, 1.165) is 11.3 Å². The smallest absolute Gasteiger partial charge is 0.152 e. The Morgan fingerprint density at radius 3 is 2.93 bits per heavy atom. The molecule has 0 amide bonds. The first-order chi connectivity index (χ1) is 6.70. The maximum absolute atomic E-state index is 5.80. The van der Waals surface area contributed by atoms with E-state index >= 15 is 0 Å². The summed E-state index contributed by atoms with van der Waals surface area (Å²) in [6.45, 7) is 0. The summed E-state index contributed by atoms with van der Waals surface area (Å²) >= 11 is 5.80. The highest BCUT2D eigenvalue weighted by Gasteiger charge is 2.09. The Morgan fingerprint density at radius 2 is 2.29 bits per heavy atom. The Kier molecular flexibility index (Phi) is 2.09. The van der Waals surface area contributed by atoms with Crippen LogP contribution in [0.4, 0.5) is 5.69 Å². The lowest BCUT2D eigenvalue weighted by molar-refractivity contribution is 0.720. The van der Waals surface area contributed by atoms with Crippen molar-refractivity contribution in [2.24, 2.45) is 7.05 Å². The summed E-state index contributed by atoms with van der Waals surface area (Å²) in [5.41, 5.74) is 7.82. The third-order valence-corrected chi connectivity index (χ3v) is 2.23. The first-order valence-corrected chi connectivity index (χ1v) is 4.33. The lowest BCUT2D eigenvalue weighted by atomic mass is 10.2. The number of pyridine rings is 1. The van der Waals surface area contributed by atoms with Gasteiger partial charge in [-0.2, -0.15) is 0 Å². The number of hydrogen-bond acceptors (Lipinski definition) is 4. The van der Waals surface area contributed by atoms with Gasteiger partial charge < -0.3 is 5.73 Å². The van der Waals surface area contributed by atoms with Gasteiger partial charge in [0.25, 0.3) is 0 Å². The van der Waals surface area contributed by atoms with Gasteiger partial charge in [-0.15, -0.1) is 5.10 Å². The second-order valence-electron chi connectivity index (χ2n) is 2.81. The second kappa shape index (κ2) is 3.26. The molecule has 0 atom stereocenters. The average molecular weight is 210 g/mol. The first kappa shape index (κ1) is 8.96. The Balaban J connectivity index is 2.63. The molecule has 0 saturated carbocycles. The number of hydrogen-bond donors (Lipinski definition) is 1. The van der Waals surface area contributed by atoms with Gasteiger partial charge in [0.05, 0.1) is 17.6 Å². The molecule has 72 valence electrons. The highest BCUT2D eigenvalue weighted by molar-refractivity contribution is 6.32. The zero-order valence-corrected chi connectivity index (χ0v) is 8.23. The molecule has 0 radical (unpaired) electrons. The van der Waals surface area contributed by atoms with Crippen LogP contribution in [0.3, 0.4) is 0 Å². The van der Waals surface area contributed by atoms with Crippen molar-refractivity contribution < 1.29 is 0 Å². The van der Waals surface area contributed by atoms with Crippen LogP contribution in [-0.2, 0) is 7.05 Å². The van der Waals surface area contributed by atoms with Crippen molar-refractivity contribution in [2.75, 3.05) is 5.73 Å². The molecule has 6 heteroatoms. The van der Waals surface area contributed by atoms with Gasteiger partial charge in [0.1, 0.15) is 0 Å². The fourth-order valence-electron chi connectivity index (χ4n) is 1.20. The molecule has 0 bridgehead atoms. The van der Waals surface area contributed by atoms with E-state index in [9.17, 15) is 0 Å². The first-order valence-electron chi connectivity index (χ1n) is 3.95. The van der Waals surface area contributed by atoms with Crippen molar-refractivity contribution in [3.8, 4) is 11.3 Å². The molecule has 2 rings (SSSR count). The van der Waals surface area contributed by atoms with E-state index in [-0.39, 0.29) is 0 Å². The van der Waals surface area contributed by atoms with Crippen molar-refractivity contribution in [2.45, 2.75) is 0 Å². The minimum absolute atomic E-state index is 0.295. The molecule has 2 aromatic rings. The normalized spacial score (nSPS) is 10.4. The Hall–Kier alpha value is -1.62. The monoisotopic (exact) mass is 209 g/mol. The van der Waals surface area contributed by atoms with Gasteiger partial charge in [-0.3, -0.25) is 0 Å². The highest BCUT2D eigenvalue weighted by Crippen LogP contribution is 2.28. The van der Waals surface area contributed by atoms with Crippen molar-refractivity contribution >= 4 is 17.3 Å². The van der Waals surface area contributed by atoms with Gasteiger partial charge >= 0.3 is 0 Å². The van der Waals surface area contributed by atoms with Crippen LogP contribution in [0.15, 0.2) is 18.5 Å². The highest BCUT2D eigenvalue weighted by atomic mass is 35.5. The van der Waals surface area contributed by atoms with Crippen molar-refractivity contribution in [1.82, 2.24) is 20.0 Å². The van der Waals surface area contributed by atoms with E-state index in [2.05, 4.69) is 15.3 Å². The molecular weight excluding hydrogens is 202 g/mol. The zero-order chi connectivity index (χ0) is 10.1. The van der Waals surface area contributed by atoms with Crippen LogP contribution in [0, 0.1) is 0 Å². The Morgan fingerprint density at radius 1 is 1.50 bits per heavy atom. The summed E-state index contributed by atoms with van der Waals surface area (Å²) in [6.07, 6.45) is 3.23. The van der Waals surface area contributed by atoms with Crippen molar-refractivity contribution in [3.05, 3.63) is 23.6 Å². The summed E-state index contributed by atoms with van der Waals surface area (Å²) in [4.78, 5) is 3.87. The molecule has 2 heterocycles. The molecular formula is C8H8ClN5. The quantitative estimate of drug-likeness (QED) is 0.715. The average Bonchev–Trinajstić information content (AvgIpc) is 2.57. The third kappa shape index (κ3) is 1.31. The zero-order valence-electron chi connectivity index (χ0n) is 7.48. The predicted molar refractivity (Wildman–Crippen MR) is 53.7 cm³/mol. The minimum Gasteiger partial charge on any atom is -0.396 e. The number of nitrogens with zero attached hydrogens (tertiary/aromatic N) is 4. The number of rotatable bonds is 1. The summed E-state index contributed by atoms with van der Waals surface area (Å²) in [6, 6.07) is 1.78. The molecule has 0 unspecified atom stereocenters. The number of nitrogen functional groups attached to an aromatic ring is 1. The van der Waals surface area contributed by atoms with Crippen LogP contribution in [0.5, 0.6) is 0 Å². The Labute approximate surface area is 85.5 Å². The lowest BCUT2D eigenvalue weighted by Gasteiger charge is -2.05. The minimum atomic E-state index is 0.295. The molecule has 0 saturated heterocycles. The van der Waals surface area contributed by atoms with Crippen molar-refractivity contribution in [1.29, 1.82) is 0 Å². The Bertz CT molecular complexity index is 465. The maximum atomic E-state index is 5.80. The number of anilines is 1. The topological polar surface area (TPSA) is 69.6 Å². The van der Waals surface area contributed by atoms with E-state index in [1.165, 1.54) is 0 Å². The molecule has 5 nitrogen and oxygen atoms in total. The van der Waals surface area contributed by atoms with E-state index in [4.69, 9.17) is 17.3 Å². The molecule has 0 aromatic carbocycles. The summed E-state index contributed by atoms with van der Waals surface area (Å²) in [7, 11) is 1.79. The number of aryl methyl sites for hydroxylation is 1. The van der Waals surface area contributed by atoms with Gasteiger partial charge in [-0.25, -0.2) is 9.67 Å². The van der Waals surface area contributed by atoms with Crippen LogP contribution in [0.2, 0.25) is 5.15 Å². The standard InChI is InChI=1S/C8H8ClN5/c1-14-6(4-12-13-14)5-2-3-11-8(9)7(5)10/h2-4H,10H2,1H3. The van der Waals surface area contributed by atoms with Crippen LogP contribution in [0.1, 0.15) is 0 Å². The molecule has 0 aliphatic heterocycles. The fraction of sp³-hybridized carbons (Fsp3) is 0.125. The molecule has 2 aromatic heterocycles. The largest absolute Gasteiger partial charge is 0.396 e. The van der Waals surface area contributed by atoms with Gasteiger partial charge in [-0.1, -0.05) is 16.8 Å². The van der Waals surface area contributed by atoms with E-state index in [0.29, 0.717) is 10.8 Å².